The maximum absolute atomic E-state index is 11.2. The van der Waals surface area contributed by atoms with Gasteiger partial charge in [-0.1, -0.05) is 21.6 Å². The minimum absolute atomic E-state index is 0.154. The Bertz CT molecular complexity index is 853. The second kappa shape index (κ2) is 20.8. The molecule has 13 nitrogen and oxygen atoms in total. The maximum atomic E-state index is 11.2. The summed E-state index contributed by atoms with van der Waals surface area (Å²) < 4.78 is 116. The van der Waals surface area contributed by atoms with Gasteiger partial charge in [0.05, 0.1) is 26.4 Å². The van der Waals surface area contributed by atoms with Crippen LogP contribution in [0.4, 0.5) is 0 Å². The molecule has 0 N–H and O–H groups in total. The number of rotatable bonds is 21. The van der Waals surface area contributed by atoms with Crippen LogP contribution in [0.5, 0.6) is 0 Å². The highest BCUT2D eigenvalue weighted by molar-refractivity contribution is 8.76. The fourth-order valence-corrected chi connectivity index (χ4v) is 4.73. The van der Waals surface area contributed by atoms with Crippen LogP contribution < -0.4 is 0 Å². The maximum Gasteiger partial charge on any atom is 0.200 e. The predicted molar refractivity (Wildman–Crippen MR) is 154 cm³/mol. The Morgan fingerprint density at radius 3 is 1.08 bits per heavy atom. The highest BCUT2D eigenvalue weighted by atomic mass is 33.1. The molecule has 0 aromatic heterocycles. The Morgan fingerprint density at radius 1 is 0.541 bits per heavy atom. The molecule has 0 aromatic rings. The van der Waals surface area contributed by atoms with E-state index in [9.17, 15) is 33.7 Å². The first kappa shape index (κ1) is 40.1. The molecule has 0 fully saturated rings. The largest absolute Gasteiger partial charge is 0.376 e. The zero-order valence-electron chi connectivity index (χ0n) is 21.4. The van der Waals surface area contributed by atoms with Crippen molar-refractivity contribution in [1.29, 1.82) is 0 Å². The second-order valence-electron chi connectivity index (χ2n) is 7.16. The van der Waals surface area contributed by atoms with E-state index in [4.69, 9.17) is 23.7 Å². The number of ether oxygens (including phenoxy) is 5. The van der Waals surface area contributed by atoms with Crippen molar-refractivity contribution in [1.82, 2.24) is 0 Å². The van der Waals surface area contributed by atoms with Crippen LogP contribution in [0.2, 0.25) is 0 Å². The zero-order valence-corrected chi connectivity index (χ0v) is 27.9. The summed E-state index contributed by atoms with van der Waals surface area (Å²) in [5.41, 5.74) is 0. The topological polar surface area (TPSA) is 183 Å². The lowest BCUT2D eigenvalue weighted by atomic mass is 10.4. The Labute approximate surface area is 236 Å². The molecule has 0 aliphatic heterocycles. The van der Waals surface area contributed by atoms with Crippen LogP contribution in [0.15, 0.2) is 0 Å². The Balaban J connectivity index is 0. The quantitative estimate of drug-likeness (QED) is 0.121. The van der Waals surface area contributed by atoms with E-state index in [1.807, 2.05) is 0 Å². The third-order valence-corrected chi connectivity index (χ3v) is 10.1. The minimum Gasteiger partial charge on any atom is -0.376 e. The second-order valence-corrected chi connectivity index (χ2v) is 22.8. The minimum atomic E-state index is -3.40. The van der Waals surface area contributed by atoms with Crippen LogP contribution in [0.3, 0.4) is 0 Å². The van der Waals surface area contributed by atoms with Crippen molar-refractivity contribution in [3.8, 4) is 0 Å². The van der Waals surface area contributed by atoms with E-state index in [2.05, 4.69) is 12.5 Å². The fourth-order valence-electron chi connectivity index (χ4n) is 1.70. The Kier molecular flexibility index (Phi) is 22.6. The number of hydrogen-bond acceptors (Lipinski definition) is 17. The summed E-state index contributed by atoms with van der Waals surface area (Å²) in [6.07, 6.45) is 6.42. The zero-order chi connectivity index (χ0) is 29.2. The molecule has 2 unspecified atom stereocenters. The molecule has 0 amide bonds. The summed E-state index contributed by atoms with van der Waals surface area (Å²) in [6, 6.07) is 0. The molecule has 0 heterocycles. The van der Waals surface area contributed by atoms with Gasteiger partial charge in [0.15, 0.2) is 19.7 Å². The molecule has 0 saturated carbocycles. The van der Waals surface area contributed by atoms with Crippen LogP contribution in [0.1, 0.15) is 0 Å². The highest BCUT2D eigenvalue weighted by Gasteiger charge is 2.18. The molecule has 2 atom stereocenters. The molecule has 21 heteroatoms. The van der Waals surface area contributed by atoms with Gasteiger partial charge < -0.3 is 23.7 Å². The van der Waals surface area contributed by atoms with E-state index in [0.29, 0.717) is 21.6 Å². The molecule has 37 heavy (non-hydrogen) atoms. The number of sulfone groups is 2. The molecule has 0 spiro atoms. The van der Waals surface area contributed by atoms with Crippen molar-refractivity contribution in [3.05, 3.63) is 0 Å². The SMILES string of the molecule is CS(=O)(=O)COCC(COCC(COCS(C)(=O)=O)OCSS(C)(=O)=O)OCSS(C)(=O)=O.CSSC. The first-order chi connectivity index (χ1) is 16.8. The van der Waals surface area contributed by atoms with Gasteiger partial charge in [0, 0.05) is 25.0 Å². The van der Waals surface area contributed by atoms with Gasteiger partial charge in [-0.05, 0) is 34.1 Å². The number of hydrogen-bond donors (Lipinski definition) is 0. The van der Waals surface area contributed by atoms with Gasteiger partial charge >= 0.3 is 0 Å². The molecular weight excluding hydrogens is 657 g/mol. The third kappa shape index (κ3) is 35.0. The molecule has 0 aliphatic carbocycles. The van der Waals surface area contributed by atoms with Gasteiger partial charge in [0.25, 0.3) is 0 Å². The van der Waals surface area contributed by atoms with Crippen LogP contribution in [-0.2, 0) is 61.1 Å². The molecule has 226 valence electrons. The molecule has 0 radical (unpaired) electrons. The van der Waals surface area contributed by atoms with Crippen LogP contribution in [0, 0.1) is 0 Å². The molecule has 0 rings (SSSR count). The normalized spacial score (nSPS) is 14.5. The molecule has 0 bridgehead atoms. The van der Waals surface area contributed by atoms with E-state index in [1.165, 1.54) is 0 Å². The van der Waals surface area contributed by atoms with Crippen molar-refractivity contribution >= 4 is 80.6 Å². The summed E-state index contributed by atoms with van der Waals surface area (Å²) in [5, 5.41) is 0. The molecule has 0 aromatic carbocycles. The first-order valence-electron chi connectivity index (χ1n) is 9.85. The van der Waals surface area contributed by atoms with E-state index in [0.717, 1.165) is 25.0 Å². The van der Waals surface area contributed by atoms with Gasteiger partial charge in [0.1, 0.15) is 36.0 Å². The average Bonchev–Trinajstić information content (AvgIpc) is 2.69. The van der Waals surface area contributed by atoms with Gasteiger partial charge in [-0.3, -0.25) is 0 Å². The standard InChI is InChI=1S/C14H30O13S6.C2H6S2/c1-30(15,16)11-24-7-13(26-9-28-32(3,19)20)5-23-6-14(8-25-12-31(2,17)18)27-10-29-33(4,21)22;1-3-4-2/h13-14H,5-12H2,1-4H3;1-2H3. The van der Waals surface area contributed by atoms with Crippen molar-refractivity contribution in [2.75, 3.05) is 87.7 Å². The molecule has 0 saturated heterocycles. The van der Waals surface area contributed by atoms with E-state index >= 15 is 0 Å². The molecular formula is C16H36O13S8. The predicted octanol–water partition coefficient (Wildman–Crippen LogP) is 0.739. The van der Waals surface area contributed by atoms with Crippen LogP contribution >= 0.6 is 43.2 Å². The van der Waals surface area contributed by atoms with Gasteiger partial charge in [0.2, 0.25) is 17.7 Å². The van der Waals surface area contributed by atoms with E-state index in [1.54, 1.807) is 21.6 Å². The average molecular weight is 693 g/mol. The first-order valence-corrected chi connectivity index (χ1v) is 23.7. The summed E-state index contributed by atoms with van der Waals surface area (Å²) in [6.45, 7) is -0.729. The smallest absolute Gasteiger partial charge is 0.200 e. The Hall–Kier alpha value is 1.000. The van der Waals surface area contributed by atoms with Crippen molar-refractivity contribution in [2.45, 2.75) is 12.2 Å². The van der Waals surface area contributed by atoms with Crippen molar-refractivity contribution in [2.24, 2.45) is 0 Å². The monoisotopic (exact) mass is 692 g/mol. The van der Waals surface area contributed by atoms with Gasteiger partial charge in [-0.15, -0.1) is 0 Å². The van der Waals surface area contributed by atoms with E-state index in [-0.39, 0.29) is 38.3 Å². The van der Waals surface area contributed by atoms with Crippen molar-refractivity contribution < 1.29 is 57.4 Å². The van der Waals surface area contributed by atoms with Gasteiger partial charge in [-0.2, -0.15) is 0 Å². The van der Waals surface area contributed by atoms with E-state index < -0.39 is 61.5 Å². The Morgan fingerprint density at radius 2 is 0.838 bits per heavy atom. The third-order valence-electron chi connectivity index (χ3n) is 3.11. The lowest BCUT2D eigenvalue weighted by Crippen LogP contribution is -2.32. The molecule has 0 aliphatic rings. The fraction of sp³-hybridized carbons (Fsp3) is 1.00. The lowest BCUT2D eigenvalue weighted by molar-refractivity contribution is -0.0761. The van der Waals surface area contributed by atoms with Crippen LogP contribution in [0.25, 0.3) is 0 Å². The summed E-state index contributed by atoms with van der Waals surface area (Å²) in [5.74, 6) is -1.64. The summed E-state index contributed by atoms with van der Waals surface area (Å²) in [7, 11) is -8.93. The summed E-state index contributed by atoms with van der Waals surface area (Å²) >= 11 is 0. The lowest BCUT2D eigenvalue weighted by Gasteiger charge is -2.21. The van der Waals surface area contributed by atoms with Crippen LogP contribution in [-0.4, -0.2) is 134 Å². The van der Waals surface area contributed by atoms with Gasteiger partial charge in [-0.25, -0.2) is 33.7 Å². The summed E-state index contributed by atoms with van der Waals surface area (Å²) in [4.78, 5) is 0. The van der Waals surface area contributed by atoms with Crippen molar-refractivity contribution in [3.63, 3.8) is 0 Å². The highest BCUT2D eigenvalue weighted by Crippen LogP contribution is 2.13.